The molecule has 2 N–H and O–H groups in total. The fraction of sp³-hybridized carbons (Fsp3) is 0.276. The van der Waals surface area contributed by atoms with Crippen LogP contribution in [-0.4, -0.2) is 23.3 Å². The van der Waals surface area contributed by atoms with Gasteiger partial charge in [0.05, 0.1) is 29.0 Å². The molecule has 0 bridgehead atoms. The number of hydrogen-bond donors (Lipinski definition) is 2. The predicted molar refractivity (Wildman–Crippen MR) is 154 cm³/mol. The van der Waals surface area contributed by atoms with Gasteiger partial charge in [-0.15, -0.1) is 5.16 Å². The second kappa shape index (κ2) is 9.93. The Labute approximate surface area is 230 Å². The molecule has 0 fully saturated rings. The van der Waals surface area contributed by atoms with Crippen LogP contribution in [0.2, 0.25) is 5.15 Å². The van der Waals surface area contributed by atoms with Gasteiger partial charge in [-0.1, -0.05) is 43.6 Å². The van der Waals surface area contributed by atoms with E-state index in [1.807, 2.05) is 39.8 Å². The van der Waals surface area contributed by atoms with Crippen LogP contribution in [-0.2, 0) is 4.76 Å². The average Bonchev–Trinajstić information content (AvgIpc) is 2.90. The van der Waals surface area contributed by atoms with E-state index in [-0.39, 0.29) is 39.1 Å². The highest BCUT2D eigenvalue weighted by Crippen LogP contribution is 2.35. The number of rotatable bonds is 5. The molecule has 1 unspecified atom stereocenters. The van der Waals surface area contributed by atoms with Gasteiger partial charge in [-0.25, -0.2) is 4.98 Å². The van der Waals surface area contributed by atoms with Gasteiger partial charge < -0.3 is 19.5 Å². The SMILES string of the molecule is [2H]C([2H])([2H])c1c(-c2nc(Cl)ccc2NC(C)c2cc(C)cc3c(=O)c(C)c(C(C)C)oc23)ccc2c1C=NOB2O. The minimum absolute atomic E-state index is 0.0198. The van der Waals surface area contributed by atoms with Gasteiger partial charge in [0.2, 0.25) is 0 Å². The number of aromatic nitrogens is 1. The molecule has 0 spiro atoms. The van der Waals surface area contributed by atoms with Gasteiger partial charge in [-0.05, 0) is 56.9 Å². The van der Waals surface area contributed by atoms with Crippen molar-refractivity contribution in [3.8, 4) is 11.3 Å². The summed E-state index contributed by atoms with van der Waals surface area (Å²) >= 11 is 6.32. The predicted octanol–water partition coefficient (Wildman–Crippen LogP) is 5.78. The van der Waals surface area contributed by atoms with Crippen LogP contribution in [0.5, 0.6) is 0 Å². The highest BCUT2D eigenvalue weighted by Gasteiger charge is 2.28. The van der Waals surface area contributed by atoms with Crippen LogP contribution in [0.1, 0.15) is 70.4 Å². The zero-order valence-electron chi connectivity index (χ0n) is 24.7. The molecule has 3 heterocycles. The monoisotopic (exact) mass is 532 g/mol. The molecule has 4 aromatic rings. The van der Waals surface area contributed by atoms with Crippen molar-refractivity contribution in [2.24, 2.45) is 5.16 Å². The normalized spacial score (nSPS) is 15.1. The molecule has 9 heteroatoms. The smallest absolute Gasteiger partial charge is 0.460 e. The maximum absolute atomic E-state index is 13.3. The Morgan fingerprint density at radius 2 is 1.92 bits per heavy atom. The quantitative estimate of drug-likeness (QED) is 0.250. The third-order valence-corrected chi connectivity index (χ3v) is 7.01. The first-order chi connectivity index (χ1) is 19.3. The first-order valence-electron chi connectivity index (χ1n) is 13.8. The minimum Gasteiger partial charge on any atom is -0.460 e. The van der Waals surface area contributed by atoms with Crippen LogP contribution < -0.4 is 16.2 Å². The van der Waals surface area contributed by atoms with Crippen LogP contribution in [0.4, 0.5) is 5.69 Å². The number of anilines is 1. The Kier molecular flexibility index (Phi) is 5.85. The summed E-state index contributed by atoms with van der Waals surface area (Å²) in [5.41, 5.74) is 4.34. The summed E-state index contributed by atoms with van der Waals surface area (Å²) in [4.78, 5) is 17.8. The van der Waals surface area contributed by atoms with Crippen molar-refractivity contribution in [2.75, 3.05) is 5.32 Å². The Hall–Kier alpha value is -3.62. The van der Waals surface area contributed by atoms with Crippen LogP contribution >= 0.6 is 11.6 Å². The maximum Gasteiger partial charge on any atom is 0.583 e. The van der Waals surface area contributed by atoms with Crippen LogP contribution in [0, 0.1) is 20.7 Å². The van der Waals surface area contributed by atoms with Crippen LogP contribution in [0.3, 0.4) is 0 Å². The highest BCUT2D eigenvalue weighted by molar-refractivity contribution is 6.62. The van der Waals surface area contributed by atoms with Gasteiger partial charge in [-0.3, -0.25) is 4.79 Å². The Balaban J connectivity index is 1.68. The van der Waals surface area contributed by atoms with E-state index >= 15 is 0 Å². The van der Waals surface area contributed by atoms with Crippen LogP contribution in [0.15, 0.2) is 50.8 Å². The number of nitrogens with one attached hydrogen (secondary N) is 1. The standard InChI is InChI=1S/C29H29BClN3O4/c1-14(2)28-17(5)27(35)21-12-15(3)11-20(29(21)37-28)18(6)33-24-9-10-25(31)34-26(24)19-7-8-23-22(16(19)4)13-32-38-30(23)36/h7-14,18,33,36H,1-6H3/i4D3. The fourth-order valence-electron chi connectivity index (χ4n) is 4.91. The molecule has 7 nitrogen and oxygen atoms in total. The van der Waals surface area contributed by atoms with E-state index in [2.05, 4.69) is 15.5 Å². The van der Waals surface area contributed by atoms with E-state index in [9.17, 15) is 9.82 Å². The van der Waals surface area contributed by atoms with Crippen molar-refractivity contribution in [1.29, 1.82) is 0 Å². The molecule has 38 heavy (non-hydrogen) atoms. The van der Waals surface area contributed by atoms with Crippen molar-refractivity contribution in [3.05, 3.63) is 85.4 Å². The molecule has 1 atom stereocenters. The van der Waals surface area contributed by atoms with E-state index in [0.717, 1.165) is 11.1 Å². The number of hydrogen-bond acceptors (Lipinski definition) is 7. The lowest BCUT2D eigenvalue weighted by molar-refractivity contribution is 0.286. The molecule has 5 rings (SSSR count). The summed E-state index contributed by atoms with van der Waals surface area (Å²) in [6.07, 6.45) is 1.28. The number of fused-ring (bicyclic) bond motifs is 2. The van der Waals surface area contributed by atoms with E-state index in [0.29, 0.717) is 39.2 Å². The van der Waals surface area contributed by atoms with Crippen molar-refractivity contribution in [1.82, 2.24) is 4.98 Å². The molecule has 1 aliphatic heterocycles. The third-order valence-electron chi connectivity index (χ3n) is 6.80. The Bertz CT molecular complexity index is 1770. The molecule has 1 aliphatic rings. The highest BCUT2D eigenvalue weighted by atomic mass is 35.5. The summed E-state index contributed by atoms with van der Waals surface area (Å²) in [6.45, 7) is 7.03. The zero-order valence-corrected chi connectivity index (χ0v) is 22.5. The molecular formula is C29H29BClN3O4. The number of aryl methyl sites for hydroxylation is 1. The fourth-order valence-corrected chi connectivity index (χ4v) is 5.06. The summed E-state index contributed by atoms with van der Waals surface area (Å²) in [7, 11) is -1.39. The van der Waals surface area contributed by atoms with Gasteiger partial charge in [0.1, 0.15) is 16.5 Å². The van der Waals surface area contributed by atoms with E-state index < -0.39 is 14.0 Å². The molecule has 2 aromatic heterocycles. The van der Waals surface area contributed by atoms with Crippen LogP contribution in [0.25, 0.3) is 22.2 Å². The second-order valence-corrected chi connectivity index (χ2v) is 10.3. The second-order valence-electron chi connectivity index (χ2n) is 9.89. The number of benzene rings is 2. The van der Waals surface area contributed by atoms with Gasteiger partial charge in [0, 0.05) is 37.7 Å². The molecule has 194 valence electrons. The third kappa shape index (κ3) is 4.48. The van der Waals surface area contributed by atoms with E-state index in [1.165, 1.54) is 6.21 Å². The van der Waals surface area contributed by atoms with Gasteiger partial charge in [-0.2, -0.15) is 0 Å². The molecule has 0 radical (unpaired) electrons. The summed E-state index contributed by atoms with van der Waals surface area (Å²) in [5, 5.41) is 18.1. The molecule has 0 amide bonds. The number of pyridine rings is 1. The van der Waals surface area contributed by atoms with Gasteiger partial charge in [0.25, 0.3) is 0 Å². The van der Waals surface area contributed by atoms with Gasteiger partial charge in [0.15, 0.2) is 5.43 Å². The first kappa shape index (κ1) is 22.4. The summed E-state index contributed by atoms with van der Waals surface area (Å²) in [5.74, 6) is 0.657. The first-order valence-corrected chi connectivity index (χ1v) is 12.7. The Morgan fingerprint density at radius 3 is 2.66 bits per heavy atom. The number of oxime groups is 1. The Morgan fingerprint density at radius 1 is 1.13 bits per heavy atom. The van der Waals surface area contributed by atoms with Crippen molar-refractivity contribution >= 4 is 47.1 Å². The molecule has 0 saturated heterocycles. The number of nitrogens with zero attached hydrogens (tertiary/aromatic N) is 2. The molecular weight excluding hydrogens is 501 g/mol. The van der Waals surface area contributed by atoms with Crippen molar-refractivity contribution < 1.29 is 18.3 Å². The lowest BCUT2D eigenvalue weighted by Gasteiger charge is -2.22. The summed E-state index contributed by atoms with van der Waals surface area (Å²) in [6, 6.07) is 9.93. The van der Waals surface area contributed by atoms with E-state index in [4.69, 9.17) is 24.9 Å². The number of halogens is 1. The largest absolute Gasteiger partial charge is 0.583 e. The lowest BCUT2D eigenvalue weighted by Crippen LogP contribution is -2.38. The minimum atomic E-state index is -2.57. The molecule has 2 aromatic carbocycles. The summed E-state index contributed by atoms with van der Waals surface area (Å²) < 4.78 is 36.2. The molecule has 0 aliphatic carbocycles. The lowest BCUT2D eigenvalue weighted by atomic mass is 9.74. The maximum atomic E-state index is 13.3. The van der Waals surface area contributed by atoms with Gasteiger partial charge >= 0.3 is 7.12 Å². The zero-order chi connectivity index (χ0) is 29.8. The van der Waals surface area contributed by atoms with Crippen molar-refractivity contribution in [2.45, 2.75) is 53.4 Å². The average molecular weight is 533 g/mol. The van der Waals surface area contributed by atoms with Crippen molar-refractivity contribution in [3.63, 3.8) is 0 Å². The van der Waals surface area contributed by atoms with E-state index in [1.54, 1.807) is 31.2 Å². The topological polar surface area (TPSA) is 97.0 Å². The molecule has 0 saturated carbocycles.